The maximum absolute atomic E-state index is 12.0. The van der Waals surface area contributed by atoms with Crippen LogP contribution in [-0.4, -0.2) is 45.8 Å². The summed E-state index contributed by atoms with van der Waals surface area (Å²) in [5.41, 5.74) is 4.50. The number of amides is 1. The van der Waals surface area contributed by atoms with Crippen molar-refractivity contribution >= 4 is 28.3 Å². The van der Waals surface area contributed by atoms with Gasteiger partial charge in [-0.05, 0) is 60.9 Å². The number of aromatic amines is 1. The third-order valence-electron chi connectivity index (χ3n) is 6.29. The molecule has 0 radical (unpaired) electrons. The monoisotopic (exact) mass is 506 g/mol. The molecule has 3 aromatic carbocycles. The summed E-state index contributed by atoms with van der Waals surface area (Å²) in [6.07, 6.45) is 5.72. The van der Waals surface area contributed by atoms with Crippen molar-refractivity contribution in [1.82, 2.24) is 25.5 Å². The van der Waals surface area contributed by atoms with Crippen molar-refractivity contribution in [2.75, 3.05) is 19.0 Å². The summed E-state index contributed by atoms with van der Waals surface area (Å²) in [5, 5.41) is 14.1. The smallest absolute Gasteiger partial charge is 0.258 e. The molecule has 2 aromatic heterocycles. The lowest BCUT2D eigenvalue weighted by molar-refractivity contribution is -0.123. The zero-order valence-corrected chi connectivity index (χ0v) is 20.8. The Hall–Kier alpha value is -4.92. The van der Waals surface area contributed by atoms with E-state index in [1.54, 1.807) is 13.3 Å². The van der Waals surface area contributed by atoms with Gasteiger partial charge in [0.1, 0.15) is 17.3 Å². The molecule has 190 valence electrons. The first-order chi connectivity index (χ1) is 18.6. The van der Waals surface area contributed by atoms with Gasteiger partial charge in [0.2, 0.25) is 0 Å². The number of benzene rings is 3. The molecule has 6 rings (SSSR count). The molecule has 0 aliphatic heterocycles. The Morgan fingerprint density at radius 2 is 1.84 bits per heavy atom. The number of hydrogen-bond donors (Lipinski definition) is 3. The maximum atomic E-state index is 12.0. The molecule has 9 heteroatoms. The van der Waals surface area contributed by atoms with Crippen LogP contribution in [0.5, 0.6) is 11.5 Å². The molecule has 3 N–H and O–H groups in total. The summed E-state index contributed by atoms with van der Waals surface area (Å²) in [4.78, 5) is 21.7. The van der Waals surface area contributed by atoms with Crippen molar-refractivity contribution in [2.24, 2.45) is 0 Å². The fourth-order valence-corrected chi connectivity index (χ4v) is 4.12. The second-order valence-corrected chi connectivity index (χ2v) is 9.13. The van der Waals surface area contributed by atoms with Crippen molar-refractivity contribution in [1.29, 1.82) is 0 Å². The van der Waals surface area contributed by atoms with E-state index in [1.807, 2.05) is 72.9 Å². The molecule has 0 bridgehead atoms. The average molecular weight is 507 g/mol. The van der Waals surface area contributed by atoms with Crippen molar-refractivity contribution < 1.29 is 14.3 Å². The number of anilines is 2. The molecule has 5 aromatic rings. The molecule has 1 aliphatic rings. The summed E-state index contributed by atoms with van der Waals surface area (Å²) < 4.78 is 11.2. The largest absolute Gasteiger partial charge is 0.497 e. The lowest BCUT2D eigenvalue weighted by Gasteiger charge is -2.13. The number of nitrogens with zero attached hydrogens (tertiary/aromatic N) is 3. The molecule has 0 unspecified atom stereocenters. The third-order valence-corrected chi connectivity index (χ3v) is 6.29. The minimum atomic E-state index is -0.112. The number of H-pyrrole nitrogens is 1. The molecule has 1 saturated carbocycles. The summed E-state index contributed by atoms with van der Waals surface area (Å²) in [5.74, 6) is 2.37. The first-order valence-electron chi connectivity index (χ1n) is 12.4. The number of fused-ring (bicyclic) bond motifs is 1. The van der Waals surface area contributed by atoms with E-state index >= 15 is 0 Å². The maximum Gasteiger partial charge on any atom is 0.258 e. The van der Waals surface area contributed by atoms with Crippen LogP contribution >= 0.6 is 0 Å². The van der Waals surface area contributed by atoms with Gasteiger partial charge in [0, 0.05) is 34.4 Å². The fourth-order valence-electron chi connectivity index (χ4n) is 4.12. The van der Waals surface area contributed by atoms with E-state index < -0.39 is 0 Å². The van der Waals surface area contributed by atoms with Gasteiger partial charge in [-0.25, -0.2) is 9.97 Å². The van der Waals surface area contributed by atoms with Crippen LogP contribution in [0.3, 0.4) is 0 Å². The highest BCUT2D eigenvalue weighted by Crippen LogP contribution is 2.31. The number of methoxy groups -OCH3 is 1. The van der Waals surface area contributed by atoms with Crippen LogP contribution < -0.4 is 20.1 Å². The van der Waals surface area contributed by atoms with E-state index in [0.29, 0.717) is 29.2 Å². The van der Waals surface area contributed by atoms with Crippen LogP contribution in [0.25, 0.3) is 33.4 Å². The van der Waals surface area contributed by atoms with Gasteiger partial charge in [0.05, 0.1) is 18.8 Å². The molecule has 0 spiro atoms. The first kappa shape index (κ1) is 23.5. The SMILES string of the molecule is COc1ccc2nc(-c3cccc(OCC(=O)NC4CC4)c3)nc(Nc3ccc(-c4cn[nH]c4)cc3)c2c1. The van der Waals surface area contributed by atoms with Gasteiger partial charge in [-0.2, -0.15) is 5.10 Å². The van der Waals surface area contributed by atoms with E-state index in [4.69, 9.17) is 19.4 Å². The minimum Gasteiger partial charge on any atom is -0.497 e. The lowest BCUT2D eigenvalue weighted by Crippen LogP contribution is -2.30. The van der Waals surface area contributed by atoms with Gasteiger partial charge in [-0.15, -0.1) is 0 Å². The summed E-state index contributed by atoms with van der Waals surface area (Å²) in [6.45, 7) is -0.0278. The van der Waals surface area contributed by atoms with Crippen molar-refractivity contribution in [3.63, 3.8) is 0 Å². The number of ether oxygens (including phenoxy) is 2. The second-order valence-electron chi connectivity index (χ2n) is 9.13. The Morgan fingerprint density at radius 3 is 2.61 bits per heavy atom. The van der Waals surface area contributed by atoms with Crippen LogP contribution in [0.15, 0.2) is 79.1 Å². The third kappa shape index (κ3) is 5.27. The number of aromatic nitrogens is 4. The normalized spacial score (nSPS) is 12.8. The number of carbonyl (C=O) groups excluding carboxylic acids is 1. The highest BCUT2D eigenvalue weighted by molar-refractivity contribution is 5.93. The Labute approximate surface area is 219 Å². The predicted octanol–water partition coefficient (Wildman–Crippen LogP) is 5.10. The average Bonchev–Trinajstić information content (AvgIpc) is 3.59. The van der Waals surface area contributed by atoms with Gasteiger partial charge >= 0.3 is 0 Å². The topological polar surface area (TPSA) is 114 Å². The molecular weight excluding hydrogens is 480 g/mol. The van der Waals surface area contributed by atoms with Gasteiger partial charge in [-0.1, -0.05) is 24.3 Å². The quantitative estimate of drug-likeness (QED) is 0.255. The molecule has 38 heavy (non-hydrogen) atoms. The van der Waals surface area contributed by atoms with Crippen LogP contribution in [0, 0.1) is 0 Å². The van der Waals surface area contributed by atoms with Crippen LogP contribution in [0.4, 0.5) is 11.5 Å². The zero-order chi connectivity index (χ0) is 25.9. The molecule has 0 saturated heterocycles. The van der Waals surface area contributed by atoms with E-state index in [2.05, 4.69) is 20.8 Å². The predicted molar refractivity (Wildman–Crippen MR) is 145 cm³/mol. The Balaban J connectivity index is 1.30. The molecule has 9 nitrogen and oxygen atoms in total. The zero-order valence-electron chi connectivity index (χ0n) is 20.8. The molecule has 1 fully saturated rings. The lowest BCUT2D eigenvalue weighted by atomic mass is 10.1. The molecular formula is C29H26N6O3. The number of hydrogen-bond acceptors (Lipinski definition) is 7. The van der Waals surface area contributed by atoms with E-state index in [-0.39, 0.29) is 12.5 Å². The molecule has 2 heterocycles. The Kier molecular flexibility index (Phi) is 6.31. The second kappa shape index (κ2) is 10.2. The number of rotatable bonds is 9. The van der Waals surface area contributed by atoms with Gasteiger partial charge in [-0.3, -0.25) is 9.89 Å². The van der Waals surface area contributed by atoms with Crippen LogP contribution in [0.1, 0.15) is 12.8 Å². The highest BCUT2D eigenvalue weighted by Gasteiger charge is 2.23. The molecule has 0 atom stereocenters. The Morgan fingerprint density at radius 1 is 0.974 bits per heavy atom. The van der Waals surface area contributed by atoms with Crippen molar-refractivity contribution in [3.8, 4) is 34.0 Å². The van der Waals surface area contributed by atoms with E-state index in [1.165, 1.54) is 0 Å². The van der Waals surface area contributed by atoms with Gasteiger partial charge in [0.25, 0.3) is 5.91 Å². The van der Waals surface area contributed by atoms with E-state index in [0.717, 1.165) is 46.1 Å². The van der Waals surface area contributed by atoms with Crippen molar-refractivity contribution in [3.05, 3.63) is 79.1 Å². The molecule has 1 amide bonds. The molecule has 1 aliphatic carbocycles. The number of carbonyl (C=O) groups is 1. The van der Waals surface area contributed by atoms with Crippen LogP contribution in [0.2, 0.25) is 0 Å². The van der Waals surface area contributed by atoms with E-state index in [9.17, 15) is 4.79 Å². The van der Waals surface area contributed by atoms with Gasteiger partial charge in [0.15, 0.2) is 12.4 Å². The highest BCUT2D eigenvalue weighted by atomic mass is 16.5. The first-order valence-corrected chi connectivity index (χ1v) is 12.4. The van der Waals surface area contributed by atoms with Crippen LogP contribution in [-0.2, 0) is 4.79 Å². The van der Waals surface area contributed by atoms with Crippen molar-refractivity contribution in [2.45, 2.75) is 18.9 Å². The summed E-state index contributed by atoms with van der Waals surface area (Å²) in [6, 6.07) is 21.5. The van der Waals surface area contributed by atoms with Gasteiger partial charge < -0.3 is 20.1 Å². The summed E-state index contributed by atoms with van der Waals surface area (Å²) in [7, 11) is 1.63. The standard InChI is InChI=1S/C29H26N6O3/c1-37-23-11-12-26-25(14-23)29(33-22-7-5-18(6-8-22)20-15-30-31-16-20)35-28(34-26)19-3-2-4-24(13-19)38-17-27(36)32-21-9-10-21/h2-8,11-16,21H,9-10,17H2,1H3,(H,30,31)(H,32,36)(H,33,34,35). The number of nitrogens with one attached hydrogen (secondary N) is 3. The fraction of sp³-hybridized carbons (Fsp3) is 0.172. The minimum absolute atomic E-state index is 0.0278. The Bertz CT molecular complexity index is 1580. The summed E-state index contributed by atoms with van der Waals surface area (Å²) >= 11 is 0.